The smallest absolute Gasteiger partial charge is 0.322 e. The topological polar surface area (TPSA) is 106 Å². The van der Waals surface area contributed by atoms with Crippen molar-refractivity contribution in [3.8, 4) is 5.69 Å². The molecule has 39 heavy (non-hydrogen) atoms. The summed E-state index contributed by atoms with van der Waals surface area (Å²) in [6.07, 6.45) is 3.28. The largest absolute Gasteiger partial charge is 0.460 e. The standard InChI is InChI=1S/C30H37N5O4/c1-20(2)22-10-12-23(13-11-22)31-29(38)34-17-6-7-25(34)28(37)32-26-16-18-35(33-26)24-14-8-21(9-15-24)19-27(36)39-30(3,4)5/h8-16,18,20,25H,6-7,17,19H2,1-5H3,(H,31,38)(H,32,33,37)/t25-/m1/s1. The molecule has 0 aliphatic carbocycles. The predicted molar refractivity (Wildman–Crippen MR) is 151 cm³/mol. The van der Waals surface area contributed by atoms with Gasteiger partial charge in [0.1, 0.15) is 11.6 Å². The Kier molecular flexibility index (Phi) is 8.38. The molecule has 1 saturated heterocycles. The molecular formula is C30H37N5O4. The highest BCUT2D eigenvalue weighted by Crippen LogP contribution is 2.22. The Labute approximate surface area is 229 Å². The predicted octanol–water partition coefficient (Wildman–Crippen LogP) is 5.51. The lowest BCUT2D eigenvalue weighted by Gasteiger charge is -2.24. The molecule has 1 fully saturated rings. The van der Waals surface area contributed by atoms with E-state index >= 15 is 0 Å². The van der Waals surface area contributed by atoms with Crippen LogP contribution in [-0.4, -0.2) is 50.8 Å². The van der Waals surface area contributed by atoms with E-state index in [2.05, 4.69) is 29.6 Å². The summed E-state index contributed by atoms with van der Waals surface area (Å²) < 4.78 is 7.02. The fourth-order valence-electron chi connectivity index (χ4n) is 4.48. The second-order valence-electron chi connectivity index (χ2n) is 11.1. The second-order valence-corrected chi connectivity index (χ2v) is 11.1. The number of urea groups is 1. The van der Waals surface area contributed by atoms with Crippen LogP contribution in [0.25, 0.3) is 5.69 Å². The van der Waals surface area contributed by atoms with Gasteiger partial charge in [-0.1, -0.05) is 38.1 Å². The number of hydrogen-bond acceptors (Lipinski definition) is 5. The number of anilines is 2. The first-order chi connectivity index (χ1) is 18.5. The average molecular weight is 532 g/mol. The van der Waals surface area contributed by atoms with Gasteiger partial charge in [0.2, 0.25) is 5.91 Å². The highest BCUT2D eigenvalue weighted by atomic mass is 16.6. The number of nitrogens with zero attached hydrogens (tertiary/aromatic N) is 3. The maximum Gasteiger partial charge on any atom is 0.322 e. The van der Waals surface area contributed by atoms with E-state index in [4.69, 9.17) is 4.74 Å². The highest BCUT2D eigenvalue weighted by Gasteiger charge is 2.34. The Hall–Kier alpha value is -4.14. The molecule has 0 unspecified atom stereocenters. The molecule has 1 aliphatic rings. The summed E-state index contributed by atoms with van der Waals surface area (Å²) in [5, 5.41) is 10.2. The quantitative estimate of drug-likeness (QED) is 0.391. The zero-order valence-electron chi connectivity index (χ0n) is 23.2. The summed E-state index contributed by atoms with van der Waals surface area (Å²) in [6, 6.07) is 16.0. The van der Waals surface area contributed by atoms with Gasteiger partial charge in [-0.15, -0.1) is 0 Å². The second kappa shape index (κ2) is 11.7. The van der Waals surface area contributed by atoms with Gasteiger partial charge in [0.05, 0.1) is 12.1 Å². The van der Waals surface area contributed by atoms with Gasteiger partial charge < -0.3 is 20.3 Å². The van der Waals surface area contributed by atoms with E-state index < -0.39 is 11.6 Å². The van der Waals surface area contributed by atoms with E-state index in [9.17, 15) is 14.4 Å². The number of amides is 3. The molecule has 9 nitrogen and oxygen atoms in total. The van der Waals surface area contributed by atoms with Crippen molar-refractivity contribution in [2.24, 2.45) is 0 Å². The number of esters is 1. The molecule has 9 heteroatoms. The van der Waals surface area contributed by atoms with E-state index in [-0.39, 0.29) is 24.3 Å². The van der Waals surface area contributed by atoms with Crippen LogP contribution >= 0.6 is 0 Å². The molecule has 0 radical (unpaired) electrons. The van der Waals surface area contributed by atoms with Gasteiger partial charge in [0.15, 0.2) is 5.82 Å². The number of carbonyl (C=O) groups is 3. The van der Waals surface area contributed by atoms with Crippen LogP contribution in [0.4, 0.5) is 16.3 Å². The van der Waals surface area contributed by atoms with Gasteiger partial charge in [-0.05, 0) is 74.9 Å². The maximum atomic E-state index is 13.1. The zero-order chi connectivity index (χ0) is 28.2. The Morgan fingerprint density at radius 2 is 1.69 bits per heavy atom. The van der Waals surface area contributed by atoms with Crippen molar-refractivity contribution in [3.63, 3.8) is 0 Å². The van der Waals surface area contributed by atoms with Gasteiger partial charge in [0, 0.05) is 24.5 Å². The van der Waals surface area contributed by atoms with E-state index in [1.54, 1.807) is 21.8 Å². The van der Waals surface area contributed by atoms with Crippen LogP contribution in [0.15, 0.2) is 60.8 Å². The van der Waals surface area contributed by atoms with Crippen molar-refractivity contribution in [3.05, 3.63) is 71.9 Å². The normalized spacial score (nSPS) is 15.3. The lowest BCUT2D eigenvalue weighted by atomic mass is 10.0. The number of hydrogen-bond donors (Lipinski definition) is 2. The zero-order valence-corrected chi connectivity index (χ0v) is 23.2. The first-order valence-electron chi connectivity index (χ1n) is 13.3. The van der Waals surface area contributed by atoms with Gasteiger partial charge in [-0.25, -0.2) is 9.48 Å². The summed E-state index contributed by atoms with van der Waals surface area (Å²) in [6.45, 7) is 10.3. The number of carbonyl (C=O) groups excluding carboxylic acids is 3. The van der Waals surface area contributed by atoms with Gasteiger partial charge in [-0.2, -0.15) is 5.10 Å². The van der Waals surface area contributed by atoms with E-state index in [1.807, 2.05) is 69.3 Å². The minimum absolute atomic E-state index is 0.187. The number of likely N-dealkylation sites (tertiary alicyclic amines) is 1. The Bertz CT molecular complexity index is 1310. The summed E-state index contributed by atoms with van der Waals surface area (Å²) in [7, 11) is 0. The van der Waals surface area contributed by atoms with Gasteiger partial charge in [-0.3, -0.25) is 9.59 Å². The summed E-state index contributed by atoms with van der Waals surface area (Å²) in [4.78, 5) is 39.7. The molecular weight excluding hydrogens is 494 g/mol. The number of nitrogens with one attached hydrogen (secondary N) is 2. The van der Waals surface area contributed by atoms with Crippen LogP contribution in [0, 0.1) is 0 Å². The fourth-order valence-corrected chi connectivity index (χ4v) is 4.48. The number of benzene rings is 2. The van der Waals surface area contributed by atoms with Crippen molar-refractivity contribution in [1.82, 2.24) is 14.7 Å². The molecule has 206 valence electrons. The van der Waals surface area contributed by atoms with Crippen molar-refractivity contribution >= 4 is 29.4 Å². The van der Waals surface area contributed by atoms with Gasteiger partial charge >= 0.3 is 12.0 Å². The molecule has 2 aromatic carbocycles. The average Bonchev–Trinajstić information content (AvgIpc) is 3.54. The highest BCUT2D eigenvalue weighted by molar-refractivity contribution is 5.99. The maximum absolute atomic E-state index is 13.1. The minimum atomic E-state index is -0.572. The van der Waals surface area contributed by atoms with E-state index in [1.165, 1.54) is 5.56 Å². The fraction of sp³-hybridized carbons (Fsp3) is 0.400. The van der Waals surface area contributed by atoms with Crippen LogP contribution in [0.5, 0.6) is 0 Å². The van der Waals surface area contributed by atoms with Crippen molar-refractivity contribution < 1.29 is 19.1 Å². The molecule has 1 atom stereocenters. The molecule has 3 amide bonds. The third-order valence-electron chi connectivity index (χ3n) is 6.45. The molecule has 2 N–H and O–H groups in total. The minimum Gasteiger partial charge on any atom is -0.460 e. The lowest BCUT2D eigenvalue weighted by Crippen LogP contribution is -2.45. The molecule has 3 aromatic rings. The summed E-state index contributed by atoms with van der Waals surface area (Å²) >= 11 is 0. The number of ether oxygens (including phenoxy) is 1. The van der Waals surface area contributed by atoms with Crippen LogP contribution < -0.4 is 10.6 Å². The van der Waals surface area contributed by atoms with E-state index in [0.717, 1.165) is 17.7 Å². The van der Waals surface area contributed by atoms with Crippen LogP contribution in [-0.2, 0) is 20.7 Å². The SMILES string of the molecule is CC(C)c1ccc(NC(=O)N2CCC[C@@H]2C(=O)Nc2ccn(-c3ccc(CC(=O)OC(C)(C)C)cc3)n2)cc1. The monoisotopic (exact) mass is 531 g/mol. The van der Waals surface area contributed by atoms with Gasteiger partial charge in [0.25, 0.3) is 0 Å². The molecule has 0 bridgehead atoms. The first kappa shape index (κ1) is 27.9. The van der Waals surface area contributed by atoms with Crippen LogP contribution in [0.2, 0.25) is 0 Å². The number of aromatic nitrogens is 2. The van der Waals surface area contributed by atoms with Crippen molar-refractivity contribution in [2.45, 2.75) is 71.4 Å². The molecule has 1 aliphatic heterocycles. The van der Waals surface area contributed by atoms with Crippen LogP contribution in [0.1, 0.15) is 64.5 Å². The first-order valence-corrected chi connectivity index (χ1v) is 13.3. The Balaban J connectivity index is 1.34. The third-order valence-corrected chi connectivity index (χ3v) is 6.45. The third kappa shape index (κ3) is 7.46. The Morgan fingerprint density at radius 3 is 2.33 bits per heavy atom. The molecule has 0 saturated carbocycles. The van der Waals surface area contributed by atoms with Crippen molar-refractivity contribution in [2.75, 3.05) is 17.2 Å². The summed E-state index contributed by atoms with van der Waals surface area (Å²) in [5.74, 6) is 0.261. The molecule has 2 heterocycles. The Morgan fingerprint density at radius 1 is 1.00 bits per heavy atom. The molecule has 1 aromatic heterocycles. The summed E-state index contributed by atoms with van der Waals surface area (Å²) in [5.41, 5.74) is 3.00. The van der Waals surface area contributed by atoms with Crippen molar-refractivity contribution in [1.29, 1.82) is 0 Å². The van der Waals surface area contributed by atoms with Crippen LogP contribution in [0.3, 0.4) is 0 Å². The lowest BCUT2D eigenvalue weighted by molar-refractivity contribution is -0.153. The molecule has 4 rings (SSSR count). The number of rotatable bonds is 7. The van der Waals surface area contributed by atoms with E-state index in [0.29, 0.717) is 30.4 Å². The molecule has 0 spiro atoms.